The van der Waals surface area contributed by atoms with Crippen LogP contribution in [0.15, 0.2) is 39.8 Å². The van der Waals surface area contributed by atoms with Gasteiger partial charge in [0.05, 0.1) is 10.6 Å². The maximum Gasteiger partial charge on any atom is 0.322 e. The summed E-state index contributed by atoms with van der Waals surface area (Å²) in [5.41, 5.74) is 0.980. The first-order valence-electron chi connectivity index (χ1n) is 8.32. The number of carbonyl (C=O) groups is 1. The van der Waals surface area contributed by atoms with Gasteiger partial charge in [0.2, 0.25) is 11.7 Å². The van der Waals surface area contributed by atoms with Crippen molar-refractivity contribution in [1.82, 2.24) is 10.2 Å². The van der Waals surface area contributed by atoms with E-state index in [-0.39, 0.29) is 35.4 Å². The molecular weight excluding hydrogens is 374 g/mol. The van der Waals surface area contributed by atoms with Crippen LogP contribution < -0.4 is 5.32 Å². The number of aromatic nitrogens is 2. The Morgan fingerprint density at radius 1 is 1.19 bits per heavy atom. The maximum atomic E-state index is 12.3. The van der Waals surface area contributed by atoms with Crippen LogP contribution in [0.5, 0.6) is 0 Å². The van der Waals surface area contributed by atoms with Crippen LogP contribution in [0.1, 0.15) is 24.3 Å². The summed E-state index contributed by atoms with van der Waals surface area (Å²) in [6.45, 7) is 2.69. The summed E-state index contributed by atoms with van der Waals surface area (Å²) in [5.74, 6) is -0.166. The van der Waals surface area contributed by atoms with Gasteiger partial charge < -0.3 is 13.9 Å². The van der Waals surface area contributed by atoms with Gasteiger partial charge in [-0.1, -0.05) is 22.8 Å². The van der Waals surface area contributed by atoms with Crippen LogP contribution in [0.4, 0.5) is 6.01 Å². The van der Waals surface area contributed by atoms with E-state index in [1.165, 1.54) is 6.26 Å². The topological polar surface area (TPSA) is 121 Å². The molecule has 2 aromatic rings. The molecule has 1 aliphatic heterocycles. The quantitative estimate of drug-likeness (QED) is 0.757. The second-order valence-electron chi connectivity index (χ2n) is 5.90. The minimum atomic E-state index is -3.43. The summed E-state index contributed by atoms with van der Waals surface area (Å²) in [4.78, 5) is 12.2. The Bertz CT molecular complexity index is 934. The lowest BCUT2D eigenvalue weighted by Crippen LogP contribution is -2.14. The van der Waals surface area contributed by atoms with Crippen molar-refractivity contribution in [2.45, 2.75) is 24.7 Å². The van der Waals surface area contributed by atoms with Gasteiger partial charge in [-0.2, -0.15) is 0 Å². The highest BCUT2D eigenvalue weighted by Gasteiger charge is 2.18. The van der Waals surface area contributed by atoms with Gasteiger partial charge in [0, 0.05) is 6.42 Å². The number of nitrogens with zero attached hydrogens (tertiary/aromatic N) is 2. The Morgan fingerprint density at radius 3 is 2.67 bits per heavy atom. The lowest BCUT2D eigenvalue weighted by molar-refractivity contribution is -0.116. The number of benzene rings is 1. The zero-order chi connectivity index (χ0) is 19.3. The molecule has 10 heteroatoms. The largest absolute Gasteiger partial charge is 0.494 e. The Balaban J connectivity index is 1.49. The third-order valence-corrected chi connectivity index (χ3v) is 5.54. The zero-order valence-electron chi connectivity index (χ0n) is 14.7. The van der Waals surface area contributed by atoms with Gasteiger partial charge in [-0.3, -0.25) is 10.1 Å². The van der Waals surface area contributed by atoms with Crippen LogP contribution in [-0.2, 0) is 24.1 Å². The normalized spacial score (nSPS) is 14.0. The van der Waals surface area contributed by atoms with Gasteiger partial charge in [0.25, 0.3) is 5.89 Å². The Morgan fingerprint density at radius 2 is 1.96 bits per heavy atom. The van der Waals surface area contributed by atoms with E-state index in [0.717, 1.165) is 5.56 Å². The first-order valence-corrected chi connectivity index (χ1v) is 9.97. The number of hydrogen-bond acceptors (Lipinski definition) is 8. The van der Waals surface area contributed by atoms with Crippen LogP contribution in [-0.4, -0.2) is 43.5 Å². The molecule has 1 amide bonds. The standard InChI is InChI=1S/C17H19N3O6S/c1-12-4-6-13(7-5-12)27(22,23)10-2-3-15(21)18-17-20-19-16(26-17)14-11-24-8-9-25-14/h4-7,11H,2-3,8-10H2,1H3,(H,18,20,21). The van der Waals surface area contributed by atoms with Gasteiger partial charge in [0.1, 0.15) is 19.5 Å². The molecule has 1 aromatic heterocycles. The number of rotatable bonds is 7. The van der Waals surface area contributed by atoms with Gasteiger partial charge >= 0.3 is 6.01 Å². The first-order chi connectivity index (χ1) is 12.9. The highest BCUT2D eigenvalue weighted by molar-refractivity contribution is 7.91. The molecule has 144 valence electrons. The summed E-state index contributed by atoms with van der Waals surface area (Å²) in [6, 6.07) is 6.52. The van der Waals surface area contributed by atoms with Gasteiger partial charge in [-0.15, -0.1) is 5.10 Å². The number of hydrogen-bond donors (Lipinski definition) is 1. The number of anilines is 1. The van der Waals surface area contributed by atoms with E-state index in [4.69, 9.17) is 13.9 Å². The summed E-state index contributed by atoms with van der Waals surface area (Å²) < 4.78 is 40.2. The van der Waals surface area contributed by atoms with Crippen LogP contribution in [0.25, 0.3) is 5.76 Å². The second kappa shape index (κ2) is 8.21. The van der Waals surface area contributed by atoms with Crippen LogP contribution in [0.3, 0.4) is 0 Å². The fourth-order valence-corrected chi connectivity index (χ4v) is 3.63. The maximum absolute atomic E-state index is 12.3. The van der Waals surface area contributed by atoms with Crippen molar-refractivity contribution in [3.05, 3.63) is 42.0 Å². The summed E-state index contributed by atoms with van der Waals surface area (Å²) in [7, 11) is -3.43. The fraction of sp³-hybridized carbons (Fsp3) is 0.353. The fourth-order valence-electron chi connectivity index (χ4n) is 2.32. The van der Waals surface area contributed by atoms with Gasteiger partial charge in [-0.05, 0) is 25.5 Å². The average molecular weight is 393 g/mol. The Labute approximate surface area is 156 Å². The number of ether oxygens (including phenoxy) is 2. The second-order valence-corrected chi connectivity index (χ2v) is 8.01. The molecule has 0 saturated heterocycles. The van der Waals surface area contributed by atoms with Crippen LogP contribution >= 0.6 is 0 Å². The minimum absolute atomic E-state index is 0.00507. The molecule has 1 N–H and O–H groups in total. The molecular formula is C17H19N3O6S. The molecule has 0 spiro atoms. The SMILES string of the molecule is Cc1ccc(S(=O)(=O)CCCC(=O)Nc2nnc(C3=COCCO3)o2)cc1. The van der Waals surface area contributed by atoms with Gasteiger partial charge in [0.15, 0.2) is 9.84 Å². The molecule has 3 rings (SSSR count). The van der Waals surface area contributed by atoms with E-state index >= 15 is 0 Å². The van der Waals surface area contributed by atoms with E-state index < -0.39 is 15.7 Å². The first kappa shape index (κ1) is 18.9. The van der Waals surface area contributed by atoms with Crippen molar-refractivity contribution < 1.29 is 27.1 Å². The molecule has 2 heterocycles. The van der Waals surface area contributed by atoms with Crippen molar-refractivity contribution in [3.63, 3.8) is 0 Å². The van der Waals surface area contributed by atoms with Crippen molar-refractivity contribution in [1.29, 1.82) is 0 Å². The molecule has 0 radical (unpaired) electrons. The minimum Gasteiger partial charge on any atom is -0.494 e. The highest BCUT2D eigenvalue weighted by atomic mass is 32.2. The number of carbonyl (C=O) groups excluding carboxylic acids is 1. The van der Waals surface area contributed by atoms with Crippen molar-refractivity contribution in [2.75, 3.05) is 24.3 Å². The summed E-state index contributed by atoms with van der Waals surface area (Å²) in [5, 5.41) is 9.90. The monoisotopic (exact) mass is 393 g/mol. The smallest absolute Gasteiger partial charge is 0.322 e. The predicted molar refractivity (Wildman–Crippen MR) is 95.3 cm³/mol. The molecule has 9 nitrogen and oxygen atoms in total. The van der Waals surface area contributed by atoms with Crippen LogP contribution in [0.2, 0.25) is 0 Å². The van der Waals surface area contributed by atoms with Crippen molar-refractivity contribution in [3.8, 4) is 0 Å². The van der Waals surface area contributed by atoms with Gasteiger partial charge in [-0.25, -0.2) is 8.42 Å². The number of aryl methyl sites for hydroxylation is 1. The Hall–Kier alpha value is -2.88. The third kappa shape index (κ3) is 5.07. The summed E-state index contributed by atoms with van der Waals surface area (Å²) >= 11 is 0. The lowest BCUT2D eigenvalue weighted by Gasteiger charge is -2.11. The molecule has 0 saturated carbocycles. The van der Waals surface area contributed by atoms with Crippen molar-refractivity contribution >= 4 is 27.5 Å². The van der Waals surface area contributed by atoms with E-state index in [1.807, 2.05) is 6.92 Å². The van der Waals surface area contributed by atoms with E-state index in [1.54, 1.807) is 24.3 Å². The molecule has 0 unspecified atom stereocenters. The Kier molecular flexibility index (Phi) is 5.75. The number of sulfone groups is 1. The lowest BCUT2D eigenvalue weighted by atomic mass is 10.2. The molecule has 0 aliphatic carbocycles. The molecule has 27 heavy (non-hydrogen) atoms. The van der Waals surface area contributed by atoms with Crippen LogP contribution in [0, 0.1) is 6.92 Å². The highest BCUT2D eigenvalue weighted by Crippen LogP contribution is 2.19. The molecule has 0 bridgehead atoms. The van der Waals surface area contributed by atoms with Crippen molar-refractivity contribution in [2.24, 2.45) is 0 Å². The molecule has 0 fully saturated rings. The van der Waals surface area contributed by atoms with E-state index in [9.17, 15) is 13.2 Å². The van der Waals surface area contributed by atoms with E-state index in [0.29, 0.717) is 19.0 Å². The zero-order valence-corrected chi connectivity index (χ0v) is 15.5. The molecule has 1 aliphatic rings. The summed E-state index contributed by atoms with van der Waals surface area (Å²) in [6.07, 6.45) is 1.54. The van der Waals surface area contributed by atoms with E-state index in [2.05, 4.69) is 15.5 Å². The number of amides is 1. The average Bonchev–Trinajstić information content (AvgIpc) is 3.11. The predicted octanol–water partition coefficient (Wildman–Crippen LogP) is 1.92. The molecule has 1 aromatic carbocycles. The number of nitrogens with one attached hydrogen (secondary N) is 1. The molecule has 0 atom stereocenters. The third-order valence-electron chi connectivity index (χ3n) is 3.73.